The van der Waals surface area contributed by atoms with E-state index in [0.29, 0.717) is 13.2 Å². The van der Waals surface area contributed by atoms with Gasteiger partial charge in [0.15, 0.2) is 0 Å². The summed E-state index contributed by atoms with van der Waals surface area (Å²) in [6.45, 7) is 0.957. The van der Waals surface area contributed by atoms with Crippen LogP contribution >= 0.6 is 0 Å². The van der Waals surface area contributed by atoms with E-state index in [1.165, 1.54) is 7.11 Å². The standard InChI is InChI=1S/C18H22N2O3/c1-22-13-16(19)18(21)20-11-12-23-17-10-6-5-9-15(17)14-7-3-2-4-8-14/h2-10,16H,11-13,19H2,1H3,(H,20,21). The Morgan fingerprint density at radius 3 is 2.57 bits per heavy atom. The van der Waals surface area contributed by atoms with Crippen molar-refractivity contribution in [2.75, 3.05) is 26.9 Å². The second kappa shape index (κ2) is 8.92. The average Bonchev–Trinajstić information content (AvgIpc) is 2.60. The van der Waals surface area contributed by atoms with Gasteiger partial charge in [-0.1, -0.05) is 48.5 Å². The molecule has 0 spiro atoms. The molecule has 0 aromatic heterocycles. The molecule has 0 fully saturated rings. The van der Waals surface area contributed by atoms with Crippen LogP contribution in [-0.4, -0.2) is 38.8 Å². The Bertz CT molecular complexity index is 617. The number of hydrogen-bond acceptors (Lipinski definition) is 4. The first-order valence-corrected chi connectivity index (χ1v) is 7.52. The molecule has 0 aliphatic rings. The van der Waals surface area contributed by atoms with Gasteiger partial charge in [-0.25, -0.2) is 0 Å². The van der Waals surface area contributed by atoms with Crippen molar-refractivity contribution < 1.29 is 14.3 Å². The van der Waals surface area contributed by atoms with Crippen molar-refractivity contribution in [1.29, 1.82) is 0 Å². The summed E-state index contributed by atoms with van der Waals surface area (Å²) in [4.78, 5) is 11.7. The third-order valence-corrected chi connectivity index (χ3v) is 3.31. The Hall–Kier alpha value is -2.37. The summed E-state index contributed by atoms with van der Waals surface area (Å²) in [6, 6.07) is 17.2. The lowest BCUT2D eigenvalue weighted by Crippen LogP contribution is -2.44. The molecule has 1 atom stereocenters. The minimum Gasteiger partial charge on any atom is -0.491 e. The minimum absolute atomic E-state index is 0.198. The van der Waals surface area contributed by atoms with Crippen LogP contribution in [0.15, 0.2) is 54.6 Å². The highest BCUT2D eigenvalue weighted by atomic mass is 16.5. The van der Waals surface area contributed by atoms with E-state index >= 15 is 0 Å². The Morgan fingerprint density at radius 1 is 1.13 bits per heavy atom. The molecular formula is C18H22N2O3. The summed E-state index contributed by atoms with van der Waals surface area (Å²) in [5.74, 6) is 0.543. The molecule has 0 saturated heterocycles. The number of rotatable bonds is 8. The van der Waals surface area contributed by atoms with Crippen LogP contribution in [0, 0.1) is 0 Å². The van der Waals surface area contributed by atoms with Crippen molar-refractivity contribution in [2.45, 2.75) is 6.04 Å². The lowest BCUT2D eigenvalue weighted by molar-refractivity contribution is -0.123. The molecular weight excluding hydrogens is 292 g/mol. The zero-order valence-corrected chi connectivity index (χ0v) is 13.2. The number of methoxy groups -OCH3 is 1. The van der Waals surface area contributed by atoms with E-state index in [-0.39, 0.29) is 12.5 Å². The van der Waals surface area contributed by atoms with Gasteiger partial charge in [0.25, 0.3) is 0 Å². The second-order valence-corrected chi connectivity index (χ2v) is 5.06. The van der Waals surface area contributed by atoms with E-state index in [2.05, 4.69) is 5.32 Å². The number of carbonyl (C=O) groups is 1. The molecule has 2 aromatic carbocycles. The van der Waals surface area contributed by atoms with Gasteiger partial charge in [-0.2, -0.15) is 0 Å². The molecule has 122 valence electrons. The van der Waals surface area contributed by atoms with Gasteiger partial charge in [-0.05, 0) is 11.6 Å². The molecule has 2 rings (SSSR count). The fourth-order valence-electron chi connectivity index (χ4n) is 2.17. The number of para-hydroxylation sites is 1. The molecule has 0 heterocycles. The lowest BCUT2D eigenvalue weighted by Gasteiger charge is -2.14. The van der Waals surface area contributed by atoms with Crippen LogP contribution in [0.2, 0.25) is 0 Å². The summed E-state index contributed by atoms with van der Waals surface area (Å²) in [7, 11) is 1.51. The molecule has 0 bridgehead atoms. The van der Waals surface area contributed by atoms with Crippen molar-refractivity contribution in [2.24, 2.45) is 5.73 Å². The highest BCUT2D eigenvalue weighted by Gasteiger charge is 2.12. The van der Waals surface area contributed by atoms with Crippen molar-refractivity contribution in [3.05, 3.63) is 54.6 Å². The summed E-state index contributed by atoms with van der Waals surface area (Å²) < 4.78 is 10.6. The summed E-state index contributed by atoms with van der Waals surface area (Å²) in [5, 5.41) is 2.73. The number of ether oxygens (including phenoxy) is 2. The van der Waals surface area contributed by atoms with Gasteiger partial charge >= 0.3 is 0 Å². The van der Waals surface area contributed by atoms with Crippen molar-refractivity contribution in [3.63, 3.8) is 0 Å². The van der Waals surface area contributed by atoms with E-state index in [0.717, 1.165) is 16.9 Å². The van der Waals surface area contributed by atoms with Gasteiger partial charge in [0.2, 0.25) is 5.91 Å². The van der Waals surface area contributed by atoms with Crippen molar-refractivity contribution in [1.82, 2.24) is 5.32 Å². The fraction of sp³-hybridized carbons (Fsp3) is 0.278. The summed E-state index contributed by atoms with van der Waals surface area (Å²) in [6.07, 6.45) is 0. The van der Waals surface area contributed by atoms with E-state index in [1.54, 1.807) is 0 Å². The first-order chi connectivity index (χ1) is 11.2. The first-order valence-electron chi connectivity index (χ1n) is 7.52. The number of carbonyl (C=O) groups excluding carboxylic acids is 1. The SMILES string of the molecule is COCC(N)C(=O)NCCOc1ccccc1-c1ccccc1. The van der Waals surface area contributed by atoms with Crippen molar-refractivity contribution >= 4 is 5.91 Å². The maximum absolute atomic E-state index is 11.7. The maximum Gasteiger partial charge on any atom is 0.239 e. The van der Waals surface area contributed by atoms with Gasteiger partial charge in [0.1, 0.15) is 18.4 Å². The first kappa shape index (κ1) is 17.0. The van der Waals surface area contributed by atoms with Crippen LogP contribution < -0.4 is 15.8 Å². The zero-order valence-electron chi connectivity index (χ0n) is 13.2. The smallest absolute Gasteiger partial charge is 0.239 e. The van der Waals surface area contributed by atoms with Crippen LogP contribution in [-0.2, 0) is 9.53 Å². The largest absolute Gasteiger partial charge is 0.491 e. The highest BCUT2D eigenvalue weighted by molar-refractivity contribution is 5.81. The Kier molecular flexibility index (Phi) is 6.59. The predicted octanol–water partition coefficient (Wildman–Crippen LogP) is 1.82. The molecule has 5 nitrogen and oxygen atoms in total. The molecule has 3 N–H and O–H groups in total. The minimum atomic E-state index is -0.656. The monoisotopic (exact) mass is 314 g/mol. The van der Waals surface area contributed by atoms with E-state index in [9.17, 15) is 4.79 Å². The average molecular weight is 314 g/mol. The zero-order chi connectivity index (χ0) is 16.5. The molecule has 0 aliphatic heterocycles. The van der Waals surface area contributed by atoms with E-state index < -0.39 is 6.04 Å². The third kappa shape index (κ3) is 5.09. The second-order valence-electron chi connectivity index (χ2n) is 5.06. The van der Waals surface area contributed by atoms with Crippen LogP contribution in [0.4, 0.5) is 0 Å². The number of hydrogen-bond donors (Lipinski definition) is 2. The van der Waals surface area contributed by atoms with Crippen LogP contribution in [0.5, 0.6) is 5.75 Å². The Balaban J connectivity index is 1.88. The number of benzene rings is 2. The van der Waals surface area contributed by atoms with Gasteiger partial charge in [0.05, 0.1) is 13.2 Å². The fourth-order valence-corrected chi connectivity index (χ4v) is 2.17. The molecule has 23 heavy (non-hydrogen) atoms. The van der Waals surface area contributed by atoms with Gasteiger partial charge in [-0.15, -0.1) is 0 Å². The number of amides is 1. The summed E-state index contributed by atoms with van der Waals surface area (Å²) >= 11 is 0. The molecule has 1 unspecified atom stereocenters. The van der Waals surface area contributed by atoms with E-state index in [4.69, 9.17) is 15.2 Å². The Labute approximate surface area is 136 Å². The molecule has 0 aliphatic carbocycles. The third-order valence-electron chi connectivity index (χ3n) is 3.31. The number of nitrogens with two attached hydrogens (primary N) is 1. The molecule has 5 heteroatoms. The Morgan fingerprint density at radius 2 is 1.83 bits per heavy atom. The normalized spacial score (nSPS) is 11.7. The lowest BCUT2D eigenvalue weighted by atomic mass is 10.1. The van der Waals surface area contributed by atoms with Crippen LogP contribution in [0.25, 0.3) is 11.1 Å². The highest BCUT2D eigenvalue weighted by Crippen LogP contribution is 2.29. The van der Waals surface area contributed by atoms with Gasteiger partial charge in [-0.3, -0.25) is 4.79 Å². The van der Waals surface area contributed by atoms with Crippen LogP contribution in [0.3, 0.4) is 0 Å². The molecule has 0 radical (unpaired) electrons. The van der Waals surface area contributed by atoms with Crippen molar-refractivity contribution in [3.8, 4) is 16.9 Å². The predicted molar refractivity (Wildman–Crippen MR) is 90.2 cm³/mol. The number of nitrogens with one attached hydrogen (secondary N) is 1. The van der Waals surface area contributed by atoms with E-state index in [1.807, 2.05) is 54.6 Å². The van der Waals surface area contributed by atoms with Crippen LogP contribution in [0.1, 0.15) is 0 Å². The molecule has 2 aromatic rings. The molecule has 0 saturated carbocycles. The molecule has 1 amide bonds. The maximum atomic E-state index is 11.7. The van der Waals surface area contributed by atoms with Gasteiger partial charge in [0, 0.05) is 12.7 Å². The summed E-state index contributed by atoms with van der Waals surface area (Å²) in [5.41, 5.74) is 7.76. The van der Waals surface area contributed by atoms with Gasteiger partial charge < -0.3 is 20.5 Å². The topological polar surface area (TPSA) is 73.6 Å². The quantitative estimate of drug-likeness (QED) is 0.729.